The maximum Gasteiger partial charge on any atom is 0.431 e. The van der Waals surface area contributed by atoms with Gasteiger partial charge < -0.3 is 14.4 Å². The van der Waals surface area contributed by atoms with Gasteiger partial charge in [0.1, 0.15) is 29.1 Å². The molecule has 35 heavy (non-hydrogen) atoms. The lowest BCUT2D eigenvalue weighted by molar-refractivity contribution is -0.0620. The fourth-order valence-electron chi connectivity index (χ4n) is 5.07. The van der Waals surface area contributed by atoms with E-state index in [-0.39, 0.29) is 24.0 Å². The van der Waals surface area contributed by atoms with Crippen LogP contribution in [0.3, 0.4) is 0 Å². The van der Waals surface area contributed by atoms with Gasteiger partial charge in [-0.3, -0.25) is 5.01 Å². The van der Waals surface area contributed by atoms with Crippen LogP contribution in [0.15, 0.2) is 47.6 Å². The van der Waals surface area contributed by atoms with Crippen LogP contribution in [0.5, 0.6) is 11.5 Å². The van der Waals surface area contributed by atoms with Gasteiger partial charge in [0.05, 0.1) is 24.5 Å². The highest BCUT2D eigenvalue weighted by atomic mass is 19.4. The van der Waals surface area contributed by atoms with Gasteiger partial charge in [-0.2, -0.15) is 18.3 Å². The minimum Gasteiger partial charge on any atom is -0.497 e. The molecular weight excluding hydrogens is 462 g/mol. The van der Waals surface area contributed by atoms with E-state index in [0.717, 1.165) is 0 Å². The molecule has 0 radical (unpaired) electrons. The van der Waals surface area contributed by atoms with Crippen LogP contribution in [-0.4, -0.2) is 43.7 Å². The summed E-state index contributed by atoms with van der Waals surface area (Å²) >= 11 is 0. The lowest BCUT2D eigenvalue weighted by Crippen LogP contribution is -2.44. The zero-order chi connectivity index (χ0) is 25.3. The molecule has 5 nitrogen and oxygen atoms in total. The first-order chi connectivity index (χ1) is 16.6. The number of anilines is 2. The molecule has 2 unspecified atom stereocenters. The van der Waals surface area contributed by atoms with Crippen molar-refractivity contribution < 1.29 is 27.0 Å². The molecule has 2 heterocycles. The number of rotatable bonds is 6. The predicted octanol–water partition coefficient (Wildman–Crippen LogP) is 6.42. The Balaban J connectivity index is 1.42. The maximum atomic E-state index is 14.4. The summed E-state index contributed by atoms with van der Waals surface area (Å²) in [6, 6.07) is 11.5. The van der Waals surface area contributed by atoms with E-state index in [4.69, 9.17) is 9.47 Å². The Labute approximate surface area is 203 Å². The van der Waals surface area contributed by atoms with Gasteiger partial charge in [-0.25, -0.2) is 4.39 Å². The van der Waals surface area contributed by atoms with Gasteiger partial charge >= 0.3 is 6.18 Å². The Morgan fingerprint density at radius 1 is 1.06 bits per heavy atom. The van der Waals surface area contributed by atoms with Crippen LogP contribution in [0.2, 0.25) is 0 Å². The van der Waals surface area contributed by atoms with Crippen LogP contribution in [0.25, 0.3) is 0 Å². The highest BCUT2D eigenvalue weighted by Crippen LogP contribution is 2.37. The smallest absolute Gasteiger partial charge is 0.431 e. The van der Waals surface area contributed by atoms with Gasteiger partial charge in [0.2, 0.25) is 0 Å². The molecule has 190 valence electrons. The molecule has 0 bridgehead atoms. The molecule has 4 rings (SSSR count). The molecule has 1 fully saturated rings. The number of ether oxygens (including phenoxy) is 2. The molecule has 9 heteroatoms. The largest absolute Gasteiger partial charge is 0.497 e. The van der Waals surface area contributed by atoms with Crippen molar-refractivity contribution in [1.29, 1.82) is 0 Å². The summed E-state index contributed by atoms with van der Waals surface area (Å²) in [5, 5.41) is 5.39. The SMILES string of the molecule is CC[C@H]1C(C)C(C(F)(F)F)=NN1c1ccc(OC2CCN(c3cc(OC)ccc3F)[C@H](C)C2)cc1. The number of halogens is 4. The van der Waals surface area contributed by atoms with E-state index in [1.807, 2.05) is 18.7 Å². The number of hydrogen-bond acceptors (Lipinski definition) is 5. The number of hydrazone groups is 1. The number of hydrogen-bond donors (Lipinski definition) is 0. The fraction of sp³-hybridized carbons (Fsp3) is 0.500. The molecular formula is C26H31F4N3O2. The molecule has 0 saturated carbocycles. The van der Waals surface area contributed by atoms with Crippen molar-refractivity contribution in [3.8, 4) is 11.5 Å². The Morgan fingerprint density at radius 2 is 1.74 bits per heavy atom. The monoisotopic (exact) mass is 493 g/mol. The highest BCUT2D eigenvalue weighted by molar-refractivity contribution is 5.95. The van der Waals surface area contributed by atoms with Crippen molar-refractivity contribution in [2.75, 3.05) is 23.6 Å². The third kappa shape index (κ3) is 5.18. The van der Waals surface area contributed by atoms with E-state index < -0.39 is 17.8 Å². The summed E-state index contributed by atoms with van der Waals surface area (Å²) in [7, 11) is 1.56. The molecule has 4 atom stereocenters. The van der Waals surface area contributed by atoms with Crippen LogP contribution >= 0.6 is 0 Å². The third-order valence-corrected chi connectivity index (χ3v) is 6.94. The normalized spacial score (nSPS) is 25.0. The zero-order valence-electron chi connectivity index (χ0n) is 20.3. The molecule has 2 aliphatic rings. The molecule has 0 aromatic heterocycles. The molecule has 0 aliphatic carbocycles. The van der Waals surface area contributed by atoms with Crippen molar-refractivity contribution in [3.63, 3.8) is 0 Å². The lowest BCUT2D eigenvalue weighted by atomic mass is 9.95. The first-order valence-corrected chi connectivity index (χ1v) is 11.9. The van der Waals surface area contributed by atoms with Gasteiger partial charge in [-0.1, -0.05) is 13.8 Å². The summed E-state index contributed by atoms with van der Waals surface area (Å²) in [6.45, 7) is 6.11. The molecule has 2 aromatic rings. The van der Waals surface area contributed by atoms with Gasteiger partial charge in [0.25, 0.3) is 0 Å². The van der Waals surface area contributed by atoms with Gasteiger partial charge in [0, 0.05) is 37.4 Å². The van der Waals surface area contributed by atoms with E-state index in [1.165, 1.54) is 11.1 Å². The molecule has 2 aliphatic heterocycles. The van der Waals surface area contributed by atoms with Gasteiger partial charge in [-0.05, 0) is 49.7 Å². The number of alkyl halides is 3. The predicted molar refractivity (Wildman–Crippen MR) is 129 cm³/mol. The average Bonchev–Trinajstić information content (AvgIpc) is 3.17. The average molecular weight is 494 g/mol. The van der Waals surface area contributed by atoms with Crippen molar-refractivity contribution >= 4 is 17.1 Å². The number of piperidine rings is 1. The second-order valence-electron chi connectivity index (χ2n) is 9.21. The van der Waals surface area contributed by atoms with E-state index in [2.05, 4.69) is 5.10 Å². The fourth-order valence-corrected chi connectivity index (χ4v) is 5.07. The summed E-state index contributed by atoms with van der Waals surface area (Å²) in [4.78, 5) is 2.02. The first-order valence-electron chi connectivity index (χ1n) is 11.9. The second kappa shape index (κ2) is 9.95. The first kappa shape index (κ1) is 25.1. The lowest BCUT2D eigenvalue weighted by Gasteiger charge is -2.39. The van der Waals surface area contributed by atoms with Crippen LogP contribution in [-0.2, 0) is 0 Å². The molecule has 0 spiro atoms. The third-order valence-electron chi connectivity index (χ3n) is 6.94. The zero-order valence-corrected chi connectivity index (χ0v) is 20.3. The van der Waals surface area contributed by atoms with Gasteiger partial charge in [0.15, 0.2) is 0 Å². The number of methoxy groups -OCH3 is 1. The van der Waals surface area contributed by atoms with Crippen molar-refractivity contribution in [3.05, 3.63) is 48.3 Å². The molecule has 0 amide bonds. The van der Waals surface area contributed by atoms with E-state index in [0.29, 0.717) is 48.7 Å². The van der Waals surface area contributed by atoms with Gasteiger partial charge in [-0.15, -0.1) is 0 Å². The highest BCUT2D eigenvalue weighted by Gasteiger charge is 2.47. The number of nitrogens with zero attached hydrogens (tertiary/aromatic N) is 3. The van der Waals surface area contributed by atoms with Crippen molar-refractivity contribution in [2.24, 2.45) is 11.0 Å². The van der Waals surface area contributed by atoms with Crippen LogP contribution in [0.4, 0.5) is 28.9 Å². The Kier molecular flexibility index (Phi) is 7.15. The van der Waals surface area contributed by atoms with E-state index >= 15 is 0 Å². The molecule has 2 aromatic carbocycles. The second-order valence-corrected chi connectivity index (χ2v) is 9.21. The summed E-state index contributed by atoms with van der Waals surface area (Å²) in [6.07, 6.45) is -2.52. The molecule has 0 N–H and O–H groups in total. The molecule has 1 saturated heterocycles. The van der Waals surface area contributed by atoms with Crippen molar-refractivity contribution in [1.82, 2.24) is 0 Å². The minimum absolute atomic E-state index is 0.0502. The summed E-state index contributed by atoms with van der Waals surface area (Å²) in [5.74, 6) is 0.270. The Hall–Kier alpha value is -2.97. The van der Waals surface area contributed by atoms with Crippen molar-refractivity contribution in [2.45, 2.75) is 64.4 Å². The Morgan fingerprint density at radius 3 is 2.34 bits per heavy atom. The van der Waals surface area contributed by atoms with E-state index in [9.17, 15) is 17.6 Å². The Bertz CT molecular complexity index is 1060. The van der Waals surface area contributed by atoms with Crippen LogP contribution in [0, 0.1) is 11.7 Å². The topological polar surface area (TPSA) is 37.3 Å². The van der Waals surface area contributed by atoms with Crippen LogP contribution < -0.4 is 19.4 Å². The summed E-state index contributed by atoms with van der Waals surface area (Å²) < 4.78 is 65.9. The standard InChI is InChI=1S/C26H31F4N3O2/c1-5-23-17(3)25(26(28,29)30)31-33(23)18-6-8-19(9-7-18)35-21-12-13-32(16(2)14-21)24-15-20(34-4)10-11-22(24)27/h6-11,15-17,21,23H,5,12-14H2,1-4H3/t16-,17?,21?,23+/m1/s1. The maximum absolute atomic E-state index is 14.4. The van der Waals surface area contributed by atoms with Crippen LogP contribution in [0.1, 0.15) is 40.0 Å². The summed E-state index contributed by atoms with van der Waals surface area (Å²) in [5.41, 5.74) is 0.383. The van der Waals surface area contributed by atoms with E-state index in [1.54, 1.807) is 50.4 Å². The minimum atomic E-state index is -4.44. The quantitative estimate of drug-likeness (QED) is 0.435. The number of benzene rings is 2.